The topological polar surface area (TPSA) is 55.0 Å². The van der Waals surface area contributed by atoms with Crippen LogP contribution >= 0.6 is 0 Å². The maximum atomic E-state index is 5.73. The van der Waals surface area contributed by atoms with E-state index in [1.807, 2.05) is 6.92 Å². The van der Waals surface area contributed by atoms with Crippen LogP contribution in [0.5, 0.6) is 0 Å². The van der Waals surface area contributed by atoms with Gasteiger partial charge in [0, 0.05) is 18.3 Å². The molecule has 1 rings (SSSR count). The zero-order valence-corrected chi connectivity index (χ0v) is 11.4. The average molecular weight is 236 g/mol. The molecule has 0 fully saturated rings. The summed E-state index contributed by atoms with van der Waals surface area (Å²) in [7, 11) is 0. The van der Waals surface area contributed by atoms with Gasteiger partial charge < -0.3 is 5.73 Å². The van der Waals surface area contributed by atoms with Crippen LogP contribution in [0.4, 0.5) is 5.82 Å². The molecular formula is C13H24N4. The second-order valence-electron chi connectivity index (χ2n) is 4.69. The number of nitrogen functional groups attached to an aromatic ring is 1. The summed E-state index contributed by atoms with van der Waals surface area (Å²) in [5.41, 5.74) is 6.67. The monoisotopic (exact) mass is 236 g/mol. The summed E-state index contributed by atoms with van der Waals surface area (Å²) in [6.45, 7) is 11.5. The number of nitrogens with two attached hydrogens (primary N) is 1. The van der Waals surface area contributed by atoms with E-state index in [9.17, 15) is 0 Å². The Morgan fingerprint density at radius 1 is 1.35 bits per heavy atom. The van der Waals surface area contributed by atoms with Crippen molar-refractivity contribution < 1.29 is 0 Å². The Kier molecular flexibility index (Phi) is 5.35. The molecule has 0 spiro atoms. The molecule has 0 aliphatic rings. The fourth-order valence-electron chi connectivity index (χ4n) is 1.80. The van der Waals surface area contributed by atoms with Gasteiger partial charge in [0.25, 0.3) is 0 Å². The van der Waals surface area contributed by atoms with Crippen LogP contribution in [-0.2, 0) is 6.54 Å². The highest BCUT2D eigenvalue weighted by atomic mass is 15.1. The SMILES string of the molecule is CCC(C)CN(CC)Cc1nc(C)cc(N)n1. The van der Waals surface area contributed by atoms with Crippen molar-refractivity contribution >= 4 is 5.82 Å². The number of hydrogen-bond donors (Lipinski definition) is 1. The molecule has 1 heterocycles. The van der Waals surface area contributed by atoms with Crippen molar-refractivity contribution in [2.75, 3.05) is 18.8 Å². The minimum absolute atomic E-state index is 0.562. The standard InChI is InChI=1S/C13H24N4/c1-5-10(3)8-17(6-2)9-13-15-11(4)7-12(14)16-13/h7,10H,5-6,8-9H2,1-4H3,(H2,14,15,16). The van der Waals surface area contributed by atoms with Crippen LogP contribution in [0.1, 0.15) is 38.7 Å². The first-order valence-electron chi connectivity index (χ1n) is 6.37. The average Bonchev–Trinajstić information content (AvgIpc) is 2.26. The van der Waals surface area contributed by atoms with E-state index < -0.39 is 0 Å². The second kappa shape index (κ2) is 6.55. The molecule has 1 aromatic rings. The lowest BCUT2D eigenvalue weighted by Gasteiger charge is -2.23. The van der Waals surface area contributed by atoms with Gasteiger partial charge in [-0.15, -0.1) is 0 Å². The molecule has 0 aliphatic carbocycles. The molecule has 4 nitrogen and oxygen atoms in total. The summed E-state index contributed by atoms with van der Waals surface area (Å²) in [4.78, 5) is 11.1. The molecular weight excluding hydrogens is 212 g/mol. The molecule has 0 bridgehead atoms. The second-order valence-corrected chi connectivity index (χ2v) is 4.69. The zero-order chi connectivity index (χ0) is 12.8. The van der Waals surface area contributed by atoms with E-state index in [-0.39, 0.29) is 0 Å². The number of hydrogen-bond acceptors (Lipinski definition) is 4. The van der Waals surface area contributed by atoms with E-state index >= 15 is 0 Å². The van der Waals surface area contributed by atoms with Gasteiger partial charge in [-0.25, -0.2) is 9.97 Å². The fraction of sp³-hybridized carbons (Fsp3) is 0.692. The Morgan fingerprint density at radius 2 is 2.06 bits per heavy atom. The Bertz CT molecular complexity index is 331. The minimum atomic E-state index is 0.562. The highest BCUT2D eigenvalue weighted by Gasteiger charge is 2.10. The molecule has 0 aromatic carbocycles. The number of aryl methyl sites for hydroxylation is 1. The van der Waals surface area contributed by atoms with Crippen molar-refractivity contribution in [3.8, 4) is 0 Å². The van der Waals surface area contributed by atoms with Crippen molar-refractivity contribution in [1.29, 1.82) is 0 Å². The van der Waals surface area contributed by atoms with Gasteiger partial charge in [0.15, 0.2) is 0 Å². The van der Waals surface area contributed by atoms with E-state index in [1.165, 1.54) is 6.42 Å². The summed E-state index contributed by atoms with van der Waals surface area (Å²) in [5, 5.41) is 0. The van der Waals surface area contributed by atoms with Crippen molar-refractivity contribution in [2.24, 2.45) is 5.92 Å². The lowest BCUT2D eigenvalue weighted by Crippen LogP contribution is -2.28. The van der Waals surface area contributed by atoms with E-state index in [2.05, 4.69) is 35.6 Å². The molecule has 0 saturated carbocycles. The third kappa shape index (κ3) is 4.69. The van der Waals surface area contributed by atoms with Gasteiger partial charge in [-0.1, -0.05) is 27.2 Å². The minimum Gasteiger partial charge on any atom is -0.384 e. The summed E-state index contributed by atoms with van der Waals surface area (Å²) in [5.74, 6) is 2.09. The van der Waals surface area contributed by atoms with E-state index in [4.69, 9.17) is 5.73 Å². The third-order valence-corrected chi connectivity index (χ3v) is 3.00. The van der Waals surface area contributed by atoms with Gasteiger partial charge >= 0.3 is 0 Å². The molecule has 2 N–H and O–H groups in total. The number of aromatic nitrogens is 2. The summed E-state index contributed by atoms with van der Waals surface area (Å²) in [6, 6.07) is 1.80. The van der Waals surface area contributed by atoms with Crippen molar-refractivity contribution in [3.05, 3.63) is 17.6 Å². The van der Waals surface area contributed by atoms with Crippen LogP contribution in [-0.4, -0.2) is 28.0 Å². The van der Waals surface area contributed by atoms with Gasteiger partial charge in [-0.2, -0.15) is 0 Å². The molecule has 0 amide bonds. The lowest BCUT2D eigenvalue weighted by molar-refractivity contribution is 0.233. The lowest BCUT2D eigenvalue weighted by atomic mass is 10.1. The van der Waals surface area contributed by atoms with Crippen molar-refractivity contribution in [1.82, 2.24) is 14.9 Å². The molecule has 17 heavy (non-hydrogen) atoms. The van der Waals surface area contributed by atoms with Gasteiger partial charge in [0.2, 0.25) is 0 Å². The first kappa shape index (κ1) is 13.9. The highest BCUT2D eigenvalue weighted by molar-refractivity contribution is 5.29. The summed E-state index contributed by atoms with van der Waals surface area (Å²) >= 11 is 0. The van der Waals surface area contributed by atoms with Gasteiger partial charge in [-0.05, 0) is 19.4 Å². The Balaban J connectivity index is 2.66. The van der Waals surface area contributed by atoms with Crippen LogP contribution in [0.2, 0.25) is 0 Å². The number of rotatable bonds is 6. The fourth-order valence-corrected chi connectivity index (χ4v) is 1.80. The first-order valence-corrected chi connectivity index (χ1v) is 6.37. The Hall–Kier alpha value is -1.16. The van der Waals surface area contributed by atoms with Crippen molar-refractivity contribution in [2.45, 2.75) is 40.7 Å². The third-order valence-electron chi connectivity index (χ3n) is 3.00. The highest BCUT2D eigenvalue weighted by Crippen LogP contribution is 2.08. The van der Waals surface area contributed by atoms with Crippen LogP contribution in [0, 0.1) is 12.8 Å². The van der Waals surface area contributed by atoms with E-state index in [1.54, 1.807) is 6.07 Å². The zero-order valence-electron chi connectivity index (χ0n) is 11.4. The summed E-state index contributed by atoms with van der Waals surface area (Å²) in [6.07, 6.45) is 1.20. The quantitative estimate of drug-likeness (QED) is 0.823. The number of nitrogens with zero attached hydrogens (tertiary/aromatic N) is 3. The Labute approximate surface area is 104 Å². The first-order chi connectivity index (χ1) is 8.05. The van der Waals surface area contributed by atoms with Crippen LogP contribution < -0.4 is 5.73 Å². The van der Waals surface area contributed by atoms with Crippen LogP contribution in [0.25, 0.3) is 0 Å². The molecule has 0 radical (unpaired) electrons. The molecule has 1 atom stereocenters. The summed E-state index contributed by atoms with van der Waals surface area (Å²) < 4.78 is 0. The largest absolute Gasteiger partial charge is 0.384 e. The van der Waals surface area contributed by atoms with Crippen LogP contribution in [0.15, 0.2) is 6.07 Å². The smallest absolute Gasteiger partial charge is 0.144 e. The molecule has 4 heteroatoms. The van der Waals surface area contributed by atoms with Gasteiger partial charge in [0.05, 0.1) is 6.54 Å². The van der Waals surface area contributed by atoms with Gasteiger partial charge in [-0.3, -0.25) is 4.90 Å². The number of anilines is 1. The normalized spacial score (nSPS) is 13.0. The predicted octanol–water partition coefficient (Wildman–Crippen LogP) is 2.24. The molecule has 0 aliphatic heterocycles. The molecule has 1 unspecified atom stereocenters. The van der Waals surface area contributed by atoms with E-state index in [0.29, 0.717) is 11.7 Å². The maximum absolute atomic E-state index is 5.73. The van der Waals surface area contributed by atoms with Crippen molar-refractivity contribution in [3.63, 3.8) is 0 Å². The van der Waals surface area contributed by atoms with E-state index in [0.717, 1.165) is 31.2 Å². The Morgan fingerprint density at radius 3 is 2.59 bits per heavy atom. The molecule has 96 valence electrons. The molecule has 0 saturated heterocycles. The predicted molar refractivity (Wildman–Crippen MR) is 71.6 cm³/mol. The van der Waals surface area contributed by atoms with Gasteiger partial charge in [0.1, 0.15) is 11.6 Å². The molecule has 1 aromatic heterocycles. The van der Waals surface area contributed by atoms with Crippen LogP contribution in [0.3, 0.4) is 0 Å². The maximum Gasteiger partial charge on any atom is 0.144 e.